The summed E-state index contributed by atoms with van der Waals surface area (Å²) < 4.78 is 12.2. The van der Waals surface area contributed by atoms with Crippen molar-refractivity contribution in [3.63, 3.8) is 0 Å². The Morgan fingerprint density at radius 1 is 0.426 bits per heavy atom. The van der Waals surface area contributed by atoms with Gasteiger partial charge in [0, 0.05) is 33.4 Å². The molecular weight excluding hydrogens is 763 g/mol. The van der Waals surface area contributed by atoms with Crippen molar-refractivity contribution in [1.29, 1.82) is 5.26 Å². The van der Waals surface area contributed by atoms with Crippen molar-refractivity contribution >= 4 is 61.6 Å². The first-order valence-corrected chi connectivity index (χ1v) is 20.9. The molecule has 11 aromatic rings. The summed E-state index contributed by atoms with van der Waals surface area (Å²) in [5.74, 6) is 0. The van der Waals surface area contributed by atoms with Crippen LogP contribution in [0.4, 0.5) is 17.1 Å². The molecule has 5 nitrogen and oxygen atoms in total. The summed E-state index contributed by atoms with van der Waals surface area (Å²) in [4.78, 5) is 2.24. The number of rotatable bonds is 8. The van der Waals surface area contributed by atoms with Gasteiger partial charge in [-0.25, -0.2) is 0 Å². The molecule has 0 saturated heterocycles. The third-order valence-electron chi connectivity index (χ3n) is 11.5. The van der Waals surface area contributed by atoms with Gasteiger partial charge in [-0.15, -0.1) is 0 Å². The summed E-state index contributed by atoms with van der Waals surface area (Å²) in [6, 6.07) is 76.8. The molecule has 0 radical (unpaired) electrons. The zero-order valence-electron chi connectivity index (χ0n) is 32.9. The molecular formula is C55H35N5S. The zero-order valence-corrected chi connectivity index (χ0v) is 33.7. The Morgan fingerprint density at radius 2 is 0.902 bits per heavy atom. The van der Waals surface area contributed by atoms with Gasteiger partial charge in [-0.2, -0.15) is 14.0 Å². The van der Waals surface area contributed by atoms with Crippen molar-refractivity contribution in [2.24, 2.45) is 0 Å². The molecule has 0 atom stereocenters. The molecule has 11 rings (SSSR count). The third kappa shape index (κ3) is 6.51. The Kier molecular flexibility index (Phi) is 9.00. The lowest BCUT2D eigenvalue weighted by atomic mass is 10.0. The van der Waals surface area contributed by atoms with E-state index in [0.717, 1.165) is 67.1 Å². The van der Waals surface area contributed by atoms with Gasteiger partial charge in [-0.1, -0.05) is 127 Å². The molecule has 2 heterocycles. The second-order valence-corrected chi connectivity index (χ2v) is 15.6. The highest BCUT2D eigenvalue weighted by Crippen LogP contribution is 2.43. The van der Waals surface area contributed by atoms with E-state index in [1.807, 2.05) is 30.3 Å². The van der Waals surface area contributed by atoms with E-state index in [1.54, 1.807) is 0 Å². The monoisotopic (exact) mass is 797 g/mol. The van der Waals surface area contributed by atoms with Crippen molar-refractivity contribution in [3.8, 4) is 56.3 Å². The molecule has 9 aromatic carbocycles. The van der Waals surface area contributed by atoms with E-state index < -0.39 is 0 Å². The van der Waals surface area contributed by atoms with Crippen LogP contribution in [-0.2, 0) is 0 Å². The number of fused-ring (bicyclic) bond motifs is 4. The van der Waals surface area contributed by atoms with Crippen molar-refractivity contribution in [3.05, 3.63) is 218 Å². The Hall–Kier alpha value is -8.11. The first-order valence-electron chi connectivity index (χ1n) is 20.2. The van der Waals surface area contributed by atoms with Crippen molar-refractivity contribution in [2.45, 2.75) is 0 Å². The fourth-order valence-electron chi connectivity index (χ4n) is 8.52. The lowest BCUT2D eigenvalue weighted by molar-refractivity contribution is 1.18. The van der Waals surface area contributed by atoms with Gasteiger partial charge in [0.05, 0.1) is 40.1 Å². The van der Waals surface area contributed by atoms with E-state index in [2.05, 4.69) is 198 Å². The first-order chi connectivity index (χ1) is 30.2. The molecule has 0 saturated carbocycles. The number of anilines is 3. The normalized spacial score (nSPS) is 11.3. The van der Waals surface area contributed by atoms with Crippen LogP contribution < -0.4 is 4.90 Å². The van der Waals surface area contributed by atoms with Crippen LogP contribution in [0, 0.1) is 11.3 Å². The summed E-state index contributed by atoms with van der Waals surface area (Å²) in [6.07, 6.45) is 0. The van der Waals surface area contributed by atoms with Gasteiger partial charge in [0.2, 0.25) is 0 Å². The van der Waals surface area contributed by atoms with Crippen LogP contribution in [0.15, 0.2) is 212 Å². The third-order valence-corrected chi connectivity index (χ3v) is 12.1. The van der Waals surface area contributed by atoms with E-state index in [1.165, 1.54) is 44.8 Å². The maximum absolute atomic E-state index is 9.27. The number of benzene rings is 9. The molecule has 61 heavy (non-hydrogen) atoms. The second-order valence-electron chi connectivity index (χ2n) is 15.1. The maximum Gasteiger partial charge on any atom is 0.129 e. The van der Waals surface area contributed by atoms with E-state index in [0.29, 0.717) is 5.56 Å². The highest BCUT2D eigenvalue weighted by molar-refractivity contribution is 7.00. The number of aromatic nitrogens is 3. The number of nitrogens with zero attached hydrogens (tertiary/aromatic N) is 5. The molecule has 286 valence electrons. The van der Waals surface area contributed by atoms with Crippen molar-refractivity contribution in [1.82, 2.24) is 13.3 Å². The van der Waals surface area contributed by atoms with Crippen molar-refractivity contribution < 1.29 is 0 Å². The summed E-state index contributed by atoms with van der Waals surface area (Å²) >= 11 is 1.24. The average Bonchev–Trinajstić information content (AvgIpc) is 3.96. The highest BCUT2D eigenvalue weighted by atomic mass is 32.1. The van der Waals surface area contributed by atoms with Gasteiger partial charge >= 0.3 is 0 Å². The molecule has 0 spiro atoms. The van der Waals surface area contributed by atoms with Gasteiger partial charge in [0.15, 0.2) is 0 Å². The molecule has 0 fully saturated rings. The number of hydrogen-bond donors (Lipinski definition) is 0. The minimum Gasteiger partial charge on any atom is -0.309 e. The second kappa shape index (κ2) is 15.2. The summed E-state index contributed by atoms with van der Waals surface area (Å²) in [5, 5.41) is 11.7. The molecule has 0 aliphatic carbocycles. The summed E-state index contributed by atoms with van der Waals surface area (Å²) in [6.45, 7) is 0. The number of nitriles is 1. The molecule has 2 aromatic heterocycles. The zero-order chi connectivity index (χ0) is 40.7. The quantitative estimate of drug-likeness (QED) is 0.154. The molecule has 0 bridgehead atoms. The minimum absolute atomic E-state index is 0.648. The molecule has 0 N–H and O–H groups in total. The average molecular weight is 798 g/mol. The van der Waals surface area contributed by atoms with Crippen LogP contribution in [0.1, 0.15) is 5.56 Å². The van der Waals surface area contributed by atoms with Crippen LogP contribution >= 0.6 is 11.7 Å². The topological polar surface area (TPSA) is 57.7 Å². The molecule has 0 aliphatic heterocycles. The van der Waals surface area contributed by atoms with Gasteiger partial charge in [0.25, 0.3) is 0 Å². The number of hydrogen-bond acceptors (Lipinski definition) is 5. The van der Waals surface area contributed by atoms with Gasteiger partial charge < -0.3 is 9.47 Å². The van der Waals surface area contributed by atoms with Crippen molar-refractivity contribution in [2.75, 3.05) is 4.90 Å². The van der Waals surface area contributed by atoms with Gasteiger partial charge in [-0.3, -0.25) is 0 Å². The minimum atomic E-state index is 0.648. The standard InChI is InChI=1S/C55H35N5S/c56-36-37-16-18-40(19-17-37)41-20-26-46(27-21-41)59(45-14-8-3-9-15-45)53-33-30-48(54-55(53)58-61-57-54)42-22-28-47(29-23-42)60-51-31-24-43(38-10-4-1-5-11-38)34-49(51)50-35-44(25-32-52(50)60)39-12-6-2-7-13-39/h1-35H. The fourth-order valence-corrected chi connectivity index (χ4v) is 9.09. The predicted molar refractivity (Wildman–Crippen MR) is 253 cm³/mol. The van der Waals surface area contributed by atoms with Crippen LogP contribution in [0.3, 0.4) is 0 Å². The maximum atomic E-state index is 9.27. The van der Waals surface area contributed by atoms with E-state index >= 15 is 0 Å². The fraction of sp³-hybridized carbons (Fsp3) is 0. The molecule has 0 unspecified atom stereocenters. The first kappa shape index (κ1) is 36.0. The lowest BCUT2D eigenvalue weighted by Crippen LogP contribution is -2.10. The Morgan fingerprint density at radius 3 is 1.48 bits per heavy atom. The summed E-state index contributed by atoms with van der Waals surface area (Å²) in [5.41, 5.74) is 17.8. The van der Waals surface area contributed by atoms with E-state index in [9.17, 15) is 5.26 Å². The van der Waals surface area contributed by atoms with Crippen LogP contribution in [0.25, 0.3) is 83.0 Å². The summed E-state index contributed by atoms with van der Waals surface area (Å²) in [7, 11) is 0. The van der Waals surface area contributed by atoms with Gasteiger partial charge in [-0.05, 0) is 124 Å². The SMILES string of the molecule is N#Cc1ccc(-c2ccc(N(c3ccccc3)c3ccc(-c4ccc(-n5c6ccc(-c7ccccc7)cc6c6cc(-c7ccccc7)ccc65)cc4)c4nsnc34)cc2)cc1. The van der Waals surface area contributed by atoms with E-state index in [4.69, 9.17) is 8.75 Å². The Labute approximate surface area is 357 Å². The number of para-hydroxylation sites is 1. The van der Waals surface area contributed by atoms with Crippen LogP contribution in [-0.4, -0.2) is 13.3 Å². The molecule has 0 amide bonds. The predicted octanol–water partition coefficient (Wildman–Crippen LogP) is 14.8. The molecule has 0 aliphatic rings. The lowest BCUT2D eigenvalue weighted by Gasteiger charge is -2.26. The van der Waals surface area contributed by atoms with E-state index in [-0.39, 0.29) is 0 Å². The van der Waals surface area contributed by atoms with Crippen LogP contribution in [0.2, 0.25) is 0 Å². The van der Waals surface area contributed by atoms with Crippen LogP contribution in [0.5, 0.6) is 0 Å². The highest BCUT2D eigenvalue weighted by Gasteiger charge is 2.21. The smallest absolute Gasteiger partial charge is 0.129 e. The van der Waals surface area contributed by atoms with Gasteiger partial charge in [0.1, 0.15) is 11.0 Å². The Bertz CT molecular complexity index is 3290. The largest absolute Gasteiger partial charge is 0.309 e. The Balaban J connectivity index is 0.983. The molecule has 6 heteroatoms.